The Morgan fingerprint density at radius 1 is 1.41 bits per heavy atom. The number of nitrogens with one attached hydrogen (secondary N) is 1. The maximum Gasteiger partial charge on any atom is 0.223 e. The second-order valence-corrected chi connectivity index (χ2v) is 8.22. The van der Waals surface area contributed by atoms with Crippen molar-refractivity contribution >= 4 is 27.3 Å². The predicted octanol–water partition coefficient (Wildman–Crippen LogP) is 1.47. The van der Waals surface area contributed by atoms with Crippen LogP contribution in [-0.4, -0.2) is 50.4 Å². The van der Waals surface area contributed by atoms with E-state index in [9.17, 15) is 13.2 Å². The van der Waals surface area contributed by atoms with Gasteiger partial charge >= 0.3 is 0 Å². The van der Waals surface area contributed by atoms with Gasteiger partial charge < -0.3 is 10.2 Å². The van der Waals surface area contributed by atoms with Gasteiger partial charge in [0, 0.05) is 37.6 Å². The molecule has 1 aromatic carbocycles. The van der Waals surface area contributed by atoms with Crippen molar-refractivity contribution in [3.8, 4) is 0 Å². The molecule has 1 aliphatic heterocycles. The lowest BCUT2D eigenvalue weighted by Gasteiger charge is -2.23. The first-order chi connectivity index (χ1) is 10.4. The fourth-order valence-corrected chi connectivity index (χ4v) is 4.50. The van der Waals surface area contributed by atoms with Crippen LogP contribution in [0.2, 0.25) is 5.02 Å². The molecule has 1 saturated heterocycles. The summed E-state index contributed by atoms with van der Waals surface area (Å²) in [5.74, 6) is 0.233. The number of amides is 1. The van der Waals surface area contributed by atoms with Crippen LogP contribution in [0, 0.1) is 0 Å². The Morgan fingerprint density at radius 2 is 2.14 bits per heavy atom. The summed E-state index contributed by atoms with van der Waals surface area (Å²) >= 11 is 6.06. The maximum absolute atomic E-state index is 12.1. The molecule has 0 radical (unpaired) electrons. The molecule has 0 aromatic heterocycles. The molecule has 0 spiro atoms. The minimum atomic E-state index is -2.96. The van der Waals surface area contributed by atoms with Crippen molar-refractivity contribution in [1.29, 1.82) is 0 Å². The zero-order valence-electron chi connectivity index (χ0n) is 12.6. The van der Waals surface area contributed by atoms with E-state index in [0.29, 0.717) is 31.0 Å². The van der Waals surface area contributed by atoms with Crippen molar-refractivity contribution < 1.29 is 13.2 Å². The molecule has 5 nitrogen and oxygen atoms in total. The monoisotopic (exact) mass is 344 g/mol. The first-order valence-corrected chi connectivity index (χ1v) is 9.49. The molecular weight excluding hydrogens is 324 g/mol. The first kappa shape index (κ1) is 17.2. The number of carbonyl (C=O) groups is 1. The summed E-state index contributed by atoms with van der Waals surface area (Å²) in [6.07, 6.45) is 0.884. The number of benzene rings is 1. The molecule has 0 bridgehead atoms. The molecule has 1 fully saturated rings. The molecule has 1 atom stereocenters. The Balaban J connectivity index is 1.73. The first-order valence-electron chi connectivity index (χ1n) is 7.29. The Labute approximate surface area is 136 Å². The molecule has 1 amide bonds. The average molecular weight is 345 g/mol. The molecule has 22 heavy (non-hydrogen) atoms. The second kappa shape index (κ2) is 7.44. The zero-order chi connectivity index (χ0) is 16.2. The van der Waals surface area contributed by atoms with Gasteiger partial charge in [0.1, 0.15) is 0 Å². The van der Waals surface area contributed by atoms with Crippen LogP contribution >= 0.6 is 11.6 Å². The second-order valence-electron chi connectivity index (χ2n) is 5.58. The normalized spacial score (nSPS) is 20.0. The number of rotatable bonds is 6. The minimum absolute atomic E-state index is 0.0336. The van der Waals surface area contributed by atoms with Crippen molar-refractivity contribution in [2.24, 2.45) is 0 Å². The summed E-state index contributed by atoms with van der Waals surface area (Å²) in [4.78, 5) is 13.7. The van der Waals surface area contributed by atoms with Crippen molar-refractivity contribution in [2.45, 2.75) is 25.4 Å². The molecule has 2 rings (SSSR count). The largest absolute Gasteiger partial charge is 0.342 e. The van der Waals surface area contributed by atoms with E-state index in [1.54, 1.807) is 11.9 Å². The number of carbonyl (C=O) groups excluding carboxylic acids is 1. The lowest BCUT2D eigenvalue weighted by molar-refractivity contribution is -0.131. The quantitative estimate of drug-likeness (QED) is 0.793. The van der Waals surface area contributed by atoms with E-state index in [-0.39, 0.29) is 23.5 Å². The van der Waals surface area contributed by atoms with Crippen molar-refractivity contribution in [3.63, 3.8) is 0 Å². The Morgan fingerprint density at radius 3 is 2.77 bits per heavy atom. The van der Waals surface area contributed by atoms with E-state index >= 15 is 0 Å². The van der Waals surface area contributed by atoms with Crippen LogP contribution in [0.15, 0.2) is 24.3 Å². The Kier molecular flexibility index (Phi) is 5.83. The Bertz CT molecular complexity index is 633. The van der Waals surface area contributed by atoms with Gasteiger partial charge in [-0.1, -0.05) is 29.8 Å². The summed E-state index contributed by atoms with van der Waals surface area (Å²) in [6, 6.07) is 7.38. The van der Waals surface area contributed by atoms with Gasteiger partial charge in [0.15, 0.2) is 9.84 Å². The molecule has 1 aliphatic rings. The third-order valence-electron chi connectivity index (χ3n) is 3.94. The summed E-state index contributed by atoms with van der Waals surface area (Å²) in [5.41, 5.74) is 0.992. The molecule has 122 valence electrons. The highest BCUT2D eigenvalue weighted by molar-refractivity contribution is 7.91. The highest BCUT2D eigenvalue weighted by Gasteiger charge is 2.32. The molecule has 1 heterocycles. The van der Waals surface area contributed by atoms with Gasteiger partial charge in [0.2, 0.25) is 5.91 Å². The predicted molar refractivity (Wildman–Crippen MR) is 87.6 cm³/mol. The third-order valence-corrected chi connectivity index (χ3v) is 6.06. The van der Waals surface area contributed by atoms with Crippen LogP contribution in [0.4, 0.5) is 0 Å². The molecule has 0 aliphatic carbocycles. The van der Waals surface area contributed by atoms with Crippen LogP contribution < -0.4 is 5.32 Å². The molecule has 1 unspecified atom stereocenters. The van der Waals surface area contributed by atoms with E-state index < -0.39 is 9.84 Å². The highest BCUT2D eigenvalue weighted by atomic mass is 35.5. The average Bonchev–Trinajstić information content (AvgIpc) is 2.84. The SMILES string of the molecule is CN(C(=O)CCNCc1ccccc1Cl)C1CCS(=O)(=O)C1. The highest BCUT2D eigenvalue weighted by Crippen LogP contribution is 2.17. The van der Waals surface area contributed by atoms with E-state index in [2.05, 4.69) is 5.32 Å². The molecular formula is C15H21ClN2O3S. The van der Waals surface area contributed by atoms with Gasteiger partial charge in [-0.15, -0.1) is 0 Å². The van der Waals surface area contributed by atoms with Gasteiger partial charge in [-0.05, 0) is 18.1 Å². The number of sulfone groups is 1. The van der Waals surface area contributed by atoms with Gasteiger partial charge in [0.05, 0.1) is 11.5 Å². The number of hydrogen-bond donors (Lipinski definition) is 1. The molecule has 1 aromatic rings. The number of nitrogens with zero attached hydrogens (tertiary/aromatic N) is 1. The molecule has 1 N–H and O–H groups in total. The fraction of sp³-hybridized carbons (Fsp3) is 0.533. The number of halogens is 1. The molecule has 0 saturated carbocycles. The van der Waals surface area contributed by atoms with Gasteiger partial charge in [-0.3, -0.25) is 4.79 Å². The summed E-state index contributed by atoms with van der Waals surface area (Å²) < 4.78 is 22.9. The standard InChI is InChI=1S/C15H21ClN2O3S/c1-18(13-7-9-22(20,21)11-13)15(19)6-8-17-10-12-4-2-3-5-14(12)16/h2-5,13,17H,6-11H2,1H3. The van der Waals surface area contributed by atoms with E-state index in [1.165, 1.54) is 0 Å². The van der Waals surface area contributed by atoms with Crippen LogP contribution in [0.5, 0.6) is 0 Å². The minimum Gasteiger partial charge on any atom is -0.342 e. The Hall–Kier alpha value is -1.11. The number of hydrogen-bond acceptors (Lipinski definition) is 4. The van der Waals surface area contributed by atoms with E-state index in [1.807, 2.05) is 24.3 Å². The van der Waals surface area contributed by atoms with Crippen molar-refractivity contribution in [2.75, 3.05) is 25.1 Å². The third kappa shape index (κ3) is 4.69. The van der Waals surface area contributed by atoms with Crippen LogP contribution in [0.3, 0.4) is 0 Å². The van der Waals surface area contributed by atoms with Crippen molar-refractivity contribution in [3.05, 3.63) is 34.9 Å². The van der Waals surface area contributed by atoms with Crippen LogP contribution in [0.1, 0.15) is 18.4 Å². The van der Waals surface area contributed by atoms with Gasteiger partial charge in [-0.25, -0.2) is 8.42 Å². The summed E-state index contributed by atoms with van der Waals surface area (Å²) in [6.45, 7) is 1.14. The zero-order valence-corrected chi connectivity index (χ0v) is 14.2. The van der Waals surface area contributed by atoms with Crippen LogP contribution in [-0.2, 0) is 21.2 Å². The van der Waals surface area contributed by atoms with E-state index in [0.717, 1.165) is 5.56 Å². The fourth-order valence-electron chi connectivity index (χ4n) is 2.52. The van der Waals surface area contributed by atoms with E-state index in [4.69, 9.17) is 11.6 Å². The maximum atomic E-state index is 12.1. The van der Waals surface area contributed by atoms with Gasteiger partial charge in [0.25, 0.3) is 0 Å². The smallest absolute Gasteiger partial charge is 0.223 e. The van der Waals surface area contributed by atoms with Crippen LogP contribution in [0.25, 0.3) is 0 Å². The lowest BCUT2D eigenvalue weighted by Crippen LogP contribution is -2.39. The van der Waals surface area contributed by atoms with Crippen molar-refractivity contribution in [1.82, 2.24) is 10.2 Å². The summed E-state index contributed by atoms with van der Waals surface area (Å²) in [7, 11) is -1.28. The topological polar surface area (TPSA) is 66.5 Å². The van der Waals surface area contributed by atoms with Gasteiger partial charge in [-0.2, -0.15) is 0 Å². The molecule has 7 heteroatoms. The lowest BCUT2D eigenvalue weighted by atomic mass is 10.2. The summed E-state index contributed by atoms with van der Waals surface area (Å²) in [5, 5.41) is 3.89.